The Bertz CT molecular complexity index is 430. The van der Waals surface area contributed by atoms with Gasteiger partial charge in [-0.2, -0.15) is 13.2 Å². The molecule has 0 aliphatic heterocycles. The summed E-state index contributed by atoms with van der Waals surface area (Å²) in [7, 11) is 1.36. The Labute approximate surface area is 103 Å². The summed E-state index contributed by atoms with van der Waals surface area (Å²) < 4.78 is 38.3. The zero-order valence-electron chi connectivity index (χ0n) is 10.2. The topological polar surface area (TPSA) is 41.1 Å². The minimum Gasteiger partial charge on any atom is -0.387 e. The fourth-order valence-corrected chi connectivity index (χ4v) is 1.58. The molecule has 3 nitrogen and oxygen atoms in total. The lowest BCUT2D eigenvalue weighted by Gasteiger charge is -2.16. The Morgan fingerprint density at radius 1 is 1.33 bits per heavy atom. The second-order valence-corrected chi connectivity index (χ2v) is 3.73. The fourth-order valence-electron chi connectivity index (χ4n) is 1.58. The van der Waals surface area contributed by atoms with Gasteiger partial charge in [-0.15, -0.1) is 0 Å². The van der Waals surface area contributed by atoms with Gasteiger partial charge in [0.1, 0.15) is 0 Å². The molecule has 0 aliphatic carbocycles. The van der Waals surface area contributed by atoms with E-state index in [1.165, 1.54) is 19.2 Å². The third-order valence-electron chi connectivity index (χ3n) is 2.40. The maximum Gasteiger partial charge on any atom is 0.418 e. The van der Waals surface area contributed by atoms with Crippen LogP contribution in [0.4, 0.5) is 18.9 Å². The number of carbonyl (C=O) groups excluding carboxylic acids is 1. The summed E-state index contributed by atoms with van der Waals surface area (Å²) in [5, 5.41) is 5.00. The van der Waals surface area contributed by atoms with E-state index in [1.54, 1.807) is 0 Å². The average molecular weight is 260 g/mol. The van der Waals surface area contributed by atoms with Crippen LogP contribution in [0.5, 0.6) is 0 Å². The van der Waals surface area contributed by atoms with E-state index >= 15 is 0 Å². The SMILES string of the molecule is CCCNC(=O)c1cccc(C(F)(F)F)c1NC. The Hall–Kier alpha value is -1.72. The van der Waals surface area contributed by atoms with E-state index in [0.29, 0.717) is 6.54 Å². The van der Waals surface area contributed by atoms with Crippen LogP contribution in [0.3, 0.4) is 0 Å². The number of anilines is 1. The molecule has 1 aromatic carbocycles. The van der Waals surface area contributed by atoms with Crippen molar-refractivity contribution in [1.29, 1.82) is 0 Å². The Balaban J connectivity index is 3.17. The third-order valence-corrected chi connectivity index (χ3v) is 2.40. The zero-order valence-corrected chi connectivity index (χ0v) is 10.2. The van der Waals surface area contributed by atoms with E-state index in [1.807, 2.05) is 6.92 Å². The lowest BCUT2D eigenvalue weighted by molar-refractivity contribution is -0.136. The van der Waals surface area contributed by atoms with Crippen molar-refractivity contribution < 1.29 is 18.0 Å². The highest BCUT2D eigenvalue weighted by Crippen LogP contribution is 2.36. The van der Waals surface area contributed by atoms with Crippen molar-refractivity contribution in [1.82, 2.24) is 5.32 Å². The molecular formula is C12H15F3N2O. The second-order valence-electron chi connectivity index (χ2n) is 3.73. The van der Waals surface area contributed by atoms with Crippen molar-refractivity contribution in [3.8, 4) is 0 Å². The van der Waals surface area contributed by atoms with E-state index in [2.05, 4.69) is 10.6 Å². The molecule has 1 amide bonds. The molecule has 0 bridgehead atoms. The van der Waals surface area contributed by atoms with Gasteiger partial charge in [-0.25, -0.2) is 0 Å². The lowest BCUT2D eigenvalue weighted by atomic mass is 10.1. The van der Waals surface area contributed by atoms with Gasteiger partial charge in [-0.05, 0) is 18.6 Å². The van der Waals surface area contributed by atoms with Crippen LogP contribution >= 0.6 is 0 Å². The molecule has 100 valence electrons. The molecule has 0 saturated carbocycles. The standard InChI is InChI=1S/C12H15F3N2O/c1-3-7-17-11(18)8-5-4-6-9(10(8)16-2)12(13,14)15/h4-6,16H,3,7H2,1-2H3,(H,17,18). The van der Waals surface area contributed by atoms with Crippen LogP contribution < -0.4 is 10.6 Å². The van der Waals surface area contributed by atoms with Gasteiger partial charge in [-0.3, -0.25) is 4.79 Å². The summed E-state index contributed by atoms with van der Waals surface area (Å²) in [5.74, 6) is -0.507. The summed E-state index contributed by atoms with van der Waals surface area (Å²) in [6.07, 6.45) is -3.76. The normalized spacial score (nSPS) is 11.2. The smallest absolute Gasteiger partial charge is 0.387 e. The van der Waals surface area contributed by atoms with Crippen molar-refractivity contribution >= 4 is 11.6 Å². The Morgan fingerprint density at radius 2 is 2.00 bits per heavy atom. The molecule has 0 saturated heterocycles. The molecule has 0 aromatic heterocycles. The molecule has 6 heteroatoms. The molecule has 0 atom stereocenters. The van der Waals surface area contributed by atoms with Gasteiger partial charge >= 0.3 is 6.18 Å². The number of halogens is 3. The first-order chi connectivity index (χ1) is 8.41. The van der Waals surface area contributed by atoms with Crippen molar-refractivity contribution in [3.05, 3.63) is 29.3 Å². The largest absolute Gasteiger partial charge is 0.418 e. The molecule has 0 aliphatic rings. The first-order valence-electron chi connectivity index (χ1n) is 5.58. The third kappa shape index (κ3) is 3.15. The van der Waals surface area contributed by atoms with Gasteiger partial charge in [-0.1, -0.05) is 13.0 Å². The number of amides is 1. The zero-order chi connectivity index (χ0) is 13.8. The number of rotatable bonds is 4. The molecule has 0 fully saturated rings. The average Bonchev–Trinajstić information content (AvgIpc) is 2.33. The molecule has 1 aromatic rings. The van der Waals surface area contributed by atoms with Crippen LogP contribution in [0.15, 0.2) is 18.2 Å². The second kappa shape index (κ2) is 5.75. The predicted octanol–water partition coefficient (Wildman–Crippen LogP) is 2.89. The Morgan fingerprint density at radius 3 is 2.50 bits per heavy atom. The highest BCUT2D eigenvalue weighted by Gasteiger charge is 2.34. The molecule has 0 spiro atoms. The molecule has 0 unspecified atom stereocenters. The van der Waals surface area contributed by atoms with Crippen molar-refractivity contribution in [3.63, 3.8) is 0 Å². The van der Waals surface area contributed by atoms with Crippen LogP contribution in [0.25, 0.3) is 0 Å². The minimum absolute atomic E-state index is 0.000718. The number of alkyl halides is 3. The van der Waals surface area contributed by atoms with Crippen LogP contribution in [0.2, 0.25) is 0 Å². The molecule has 18 heavy (non-hydrogen) atoms. The summed E-state index contributed by atoms with van der Waals surface area (Å²) >= 11 is 0. The first-order valence-corrected chi connectivity index (χ1v) is 5.58. The first kappa shape index (κ1) is 14.3. The van der Waals surface area contributed by atoms with E-state index in [0.717, 1.165) is 12.5 Å². The molecule has 0 radical (unpaired) electrons. The number of hydrogen-bond acceptors (Lipinski definition) is 2. The van der Waals surface area contributed by atoms with Crippen molar-refractivity contribution in [2.24, 2.45) is 0 Å². The van der Waals surface area contributed by atoms with E-state index in [4.69, 9.17) is 0 Å². The van der Waals surface area contributed by atoms with Crippen LogP contribution in [-0.4, -0.2) is 19.5 Å². The molecule has 2 N–H and O–H groups in total. The molecule has 1 rings (SSSR count). The van der Waals surface area contributed by atoms with Crippen molar-refractivity contribution in [2.45, 2.75) is 19.5 Å². The van der Waals surface area contributed by atoms with E-state index < -0.39 is 17.6 Å². The number of carbonyl (C=O) groups is 1. The summed E-state index contributed by atoms with van der Waals surface area (Å²) in [4.78, 5) is 11.7. The van der Waals surface area contributed by atoms with Gasteiger partial charge < -0.3 is 10.6 Å². The van der Waals surface area contributed by atoms with Gasteiger partial charge in [0.05, 0.1) is 16.8 Å². The summed E-state index contributed by atoms with van der Waals surface area (Å²) in [6, 6.07) is 3.54. The highest BCUT2D eigenvalue weighted by molar-refractivity contribution is 6.00. The van der Waals surface area contributed by atoms with Crippen molar-refractivity contribution in [2.75, 3.05) is 18.9 Å². The highest BCUT2D eigenvalue weighted by atomic mass is 19.4. The van der Waals surface area contributed by atoms with Crippen LogP contribution in [0, 0.1) is 0 Å². The molecular weight excluding hydrogens is 245 g/mol. The monoisotopic (exact) mass is 260 g/mol. The van der Waals surface area contributed by atoms with Gasteiger partial charge in [0.25, 0.3) is 5.91 Å². The number of nitrogens with one attached hydrogen (secondary N) is 2. The number of hydrogen-bond donors (Lipinski definition) is 2. The quantitative estimate of drug-likeness (QED) is 0.874. The minimum atomic E-state index is -4.49. The molecule has 0 heterocycles. The lowest BCUT2D eigenvalue weighted by Crippen LogP contribution is -2.25. The fraction of sp³-hybridized carbons (Fsp3) is 0.417. The maximum atomic E-state index is 12.8. The summed E-state index contributed by atoms with van der Waals surface area (Å²) in [6.45, 7) is 2.30. The Kier molecular flexibility index (Phi) is 4.58. The van der Waals surface area contributed by atoms with E-state index in [9.17, 15) is 18.0 Å². The van der Waals surface area contributed by atoms with Gasteiger partial charge in [0.2, 0.25) is 0 Å². The van der Waals surface area contributed by atoms with E-state index in [-0.39, 0.29) is 11.3 Å². The van der Waals surface area contributed by atoms with Crippen LogP contribution in [0.1, 0.15) is 29.3 Å². The summed E-state index contributed by atoms with van der Waals surface area (Å²) in [5.41, 5.74) is -1.03. The van der Waals surface area contributed by atoms with Crippen LogP contribution in [-0.2, 0) is 6.18 Å². The number of benzene rings is 1. The maximum absolute atomic E-state index is 12.8. The number of para-hydroxylation sites is 1. The predicted molar refractivity (Wildman–Crippen MR) is 63.6 cm³/mol. The van der Waals surface area contributed by atoms with Gasteiger partial charge in [0.15, 0.2) is 0 Å². The van der Waals surface area contributed by atoms with Gasteiger partial charge in [0, 0.05) is 13.6 Å².